The van der Waals surface area contributed by atoms with Gasteiger partial charge in [-0.15, -0.1) is 11.8 Å². The third kappa shape index (κ3) is 11.6. The summed E-state index contributed by atoms with van der Waals surface area (Å²) in [7, 11) is 1.67. The Bertz CT molecular complexity index is 1740. The lowest BCUT2D eigenvalue weighted by Gasteiger charge is -2.51. The Morgan fingerprint density at radius 1 is 0.623 bits per heavy atom. The summed E-state index contributed by atoms with van der Waals surface area (Å²) in [4.78, 5) is 1.12. The van der Waals surface area contributed by atoms with Crippen molar-refractivity contribution in [2.75, 3.05) is 19.5 Å². The molecule has 5 aromatic rings. The van der Waals surface area contributed by atoms with Crippen LogP contribution < -0.4 is 0 Å². The minimum atomic E-state index is -1.82. The molecule has 0 bridgehead atoms. The highest BCUT2D eigenvalue weighted by Crippen LogP contribution is 2.39. The van der Waals surface area contributed by atoms with Gasteiger partial charge in [-0.3, -0.25) is 0 Å². The van der Waals surface area contributed by atoms with Crippen LogP contribution in [0.15, 0.2) is 150 Å². The van der Waals surface area contributed by atoms with Crippen LogP contribution in [0.3, 0.4) is 0 Å². The standard InChI is InChI=1S/C45H50O7S/c1-34-23-25-40(26-24-34)53-33-39(47-2)27-45(46)44(51-31-38-21-13-6-14-22-38)43(50-30-37-19-11-5-12-20-37)42(49-29-36-17-9-4-10-18-36)41(52-45)32-48-28-35-15-7-3-8-16-35/h3-26,39,41-44,46H,27-33H2,1-2H3/t39-,41+,42+,43-,44+,45-/m0/s1. The molecule has 5 aromatic carbocycles. The van der Waals surface area contributed by atoms with Gasteiger partial charge in [-0.05, 0) is 41.3 Å². The molecule has 0 spiro atoms. The molecule has 7 nitrogen and oxygen atoms in total. The number of rotatable bonds is 19. The van der Waals surface area contributed by atoms with E-state index >= 15 is 0 Å². The molecule has 53 heavy (non-hydrogen) atoms. The molecule has 1 heterocycles. The number of thioether (sulfide) groups is 1. The Morgan fingerprint density at radius 3 is 1.60 bits per heavy atom. The zero-order chi connectivity index (χ0) is 36.7. The Balaban J connectivity index is 1.33. The van der Waals surface area contributed by atoms with Crippen molar-refractivity contribution in [2.24, 2.45) is 0 Å². The maximum Gasteiger partial charge on any atom is 0.197 e. The van der Waals surface area contributed by atoms with Crippen molar-refractivity contribution in [3.05, 3.63) is 173 Å². The molecule has 278 valence electrons. The summed E-state index contributed by atoms with van der Waals surface area (Å²) in [6.45, 7) is 3.44. The molecule has 6 atom stereocenters. The zero-order valence-electron chi connectivity index (χ0n) is 30.5. The van der Waals surface area contributed by atoms with E-state index in [1.54, 1.807) is 18.9 Å². The molecular weight excluding hydrogens is 685 g/mol. The van der Waals surface area contributed by atoms with Gasteiger partial charge in [-0.2, -0.15) is 0 Å². The van der Waals surface area contributed by atoms with Crippen LogP contribution in [0.25, 0.3) is 0 Å². The Kier molecular flexibility index (Phi) is 14.7. The molecule has 1 N–H and O–H groups in total. The van der Waals surface area contributed by atoms with E-state index in [-0.39, 0.29) is 32.3 Å². The van der Waals surface area contributed by atoms with Gasteiger partial charge < -0.3 is 33.5 Å². The molecule has 0 aromatic heterocycles. The Morgan fingerprint density at radius 2 is 1.09 bits per heavy atom. The second-order valence-electron chi connectivity index (χ2n) is 13.4. The van der Waals surface area contributed by atoms with Gasteiger partial charge in [0.1, 0.15) is 24.4 Å². The van der Waals surface area contributed by atoms with Gasteiger partial charge in [0.2, 0.25) is 0 Å². The van der Waals surface area contributed by atoms with E-state index in [1.807, 2.05) is 121 Å². The summed E-state index contributed by atoms with van der Waals surface area (Å²) >= 11 is 1.67. The molecule has 1 fully saturated rings. The van der Waals surface area contributed by atoms with Crippen LogP contribution in [0.1, 0.15) is 34.2 Å². The van der Waals surface area contributed by atoms with Gasteiger partial charge in [0.25, 0.3) is 0 Å². The fraction of sp³-hybridized carbons (Fsp3) is 0.333. The molecule has 1 saturated heterocycles. The van der Waals surface area contributed by atoms with Gasteiger partial charge in [0.15, 0.2) is 5.79 Å². The van der Waals surface area contributed by atoms with Crippen LogP contribution in [0.4, 0.5) is 0 Å². The second kappa shape index (κ2) is 20.0. The third-order valence-electron chi connectivity index (χ3n) is 9.34. The van der Waals surface area contributed by atoms with Gasteiger partial charge in [-0.1, -0.05) is 139 Å². The Labute approximate surface area is 318 Å². The van der Waals surface area contributed by atoms with Crippen LogP contribution in [0.5, 0.6) is 0 Å². The number of benzene rings is 5. The summed E-state index contributed by atoms with van der Waals surface area (Å²) in [6, 6.07) is 48.3. The molecule has 6 rings (SSSR count). The highest BCUT2D eigenvalue weighted by molar-refractivity contribution is 7.99. The molecule has 8 heteroatoms. The number of ether oxygens (including phenoxy) is 6. The van der Waals surface area contributed by atoms with E-state index in [1.165, 1.54) is 5.56 Å². The minimum Gasteiger partial charge on any atom is -0.380 e. The lowest BCUT2D eigenvalue weighted by atomic mass is 9.88. The zero-order valence-corrected chi connectivity index (χ0v) is 31.3. The van der Waals surface area contributed by atoms with Crippen LogP contribution in [-0.2, 0) is 54.8 Å². The van der Waals surface area contributed by atoms with Crippen LogP contribution in [0.2, 0.25) is 0 Å². The maximum absolute atomic E-state index is 12.9. The van der Waals surface area contributed by atoms with Gasteiger partial charge in [-0.25, -0.2) is 0 Å². The van der Waals surface area contributed by atoms with E-state index in [0.29, 0.717) is 19.0 Å². The number of aryl methyl sites for hydroxylation is 1. The lowest BCUT2D eigenvalue weighted by Crippen LogP contribution is -2.68. The fourth-order valence-electron chi connectivity index (χ4n) is 6.46. The van der Waals surface area contributed by atoms with Crippen molar-refractivity contribution >= 4 is 11.8 Å². The van der Waals surface area contributed by atoms with Crippen molar-refractivity contribution in [1.82, 2.24) is 0 Å². The van der Waals surface area contributed by atoms with Crippen molar-refractivity contribution < 1.29 is 33.5 Å². The first-order valence-electron chi connectivity index (χ1n) is 18.2. The fourth-order valence-corrected chi connectivity index (χ4v) is 7.42. The first-order valence-corrected chi connectivity index (χ1v) is 19.2. The predicted molar refractivity (Wildman–Crippen MR) is 208 cm³/mol. The first kappa shape index (κ1) is 38.9. The van der Waals surface area contributed by atoms with E-state index in [4.69, 9.17) is 28.4 Å². The molecular formula is C45H50O7S. The first-order chi connectivity index (χ1) is 26.0. The molecule has 1 aliphatic rings. The number of hydrogen-bond donors (Lipinski definition) is 1. The summed E-state index contributed by atoms with van der Waals surface area (Å²) in [5.74, 6) is -1.23. The second-order valence-corrected chi connectivity index (χ2v) is 14.5. The quantitative estimate of drug-likeness (QED) is 0.0847. The Hall–Kier alpha value is -3.83. The van der Waals surface area contributed by atoms with Gasteiger partial charge >= 0.3 is 0 Å². The van der Waals surface area contributed by atoms with Crippen LogP contribution >= 0.6 is 11.8 Å². The molecule has 0 aliphatic carbocycles. The van der Waals surface area contributed by atoms with Crippen LogP contribution in [0, 0.1) is 6.92 Å². The molecule has 0 radical (unpaired) electrons. The SMILES string of the molecule is CO[C@H](CSc1ccc(C)cc1)C[C@]1(O)O[C@H](COCc2ccccc2)[C@@H](OCc2ccccc2)[C@H](OCc2ccccc2)[C@H]1OCc1ccccc1. The monoisotopic (exact) mass is 734 g/mol. The third-order valence-corrected chi connectivity index (χ3v) is 10.5. The average Bonchev–Trinajstić information content (AvgIpc) is 3.20. The maximum atomic E-state index is 12.9. The summed E-state index contributed by atoms with van der Waals surface area (Å²) in [6.07, 6.45) is -3.29. The number of methoxy groups -OCH3 is 1. The van der Waals surface area contributed by atoms with E-state index in [0.717, 1.165) is 27.1 Å². The van der Waals surface area contributed by atoms with Gasteiger partial charge in [0.05, 0.1) is 39.1 Å². The molecule has 0 amide bonds. The highest BCUT2D eigenvalue weighted by Gasteiger charge is 2.57. The van der Waals surface area contributed by atoms with Crippen molar-refractivity contribution in [3.8, 4) is 0 Å². The van der Waals surface area contributed by atoms with E-state index < -0.39 is 30.2 Å². The number of aliphatic hydroxyl groups is 1. The van der Waals surface area contributed by atoms with Crippen molar-refractivity contribution in [1.29, 1.82) is 0 Å². The predicted octanol–water partition coefficient (Wildman–Crippen LogP) is 8.55. The largest absolute Gasteiger partial charge is 0.380 e. The number of hydrogen-bond acceptors (Lipinski definition) is 8. The molecule has 1 aliphatic heterocycles. The van der Waals surface area contributed by atoms with Crippen LogP contribution in [-0.4, -0.2) is 60.9 Å². The van der Waals surface area contributed by atoms with Gasteiger partial charge in [0, 0.05) is 24.2 Å². The van der Waals surface area contributed by atoms with Crippen molar-refractivity contribution in [3.63, 3.8) is 0 Å². The highest BCUT2D eigenvalue weighted by atomic mass is 32.2. The lowest BCUT2D eigenvalue weighted by molar-refractivity contribution is -0.376. The summed E-state index contributed by atoms with van der Waals surface area (Å²) in [5.41, 5.74) is 5.20. The van der Waals surface area contributed by atoms with E-state index in [2.05, 4.69) is 31.2 Å². The normalized spacial score (nSPS) is 22.0. The summed E-state index contributed by atoms with van der Waals surface area (Å²) in [5, 5.41) is 12.9. The smallest absolute Gasteiger partial charge is 0.197 e. The average molecular weight is 735 g/mol. The topological polar surface area (TPSA) is 75.6 Å². The molecule has 0 saturated carbocycles. The van der Waals surface area contributed by atoms with Crippen molar-refractivity contribution in [2.45, 2.75) is 81.0 Å². The van der Waals surface area contributed by atoms with E-state index in [9.17, 15) is 5.11 Å². The minimum absolute atomic E-state index is 0.133. The summed E-state index contributed by atoms with van der Waals surface area (Å²) < 4.78 is 39.4. The molecule has 0 unspecified atom stereocenters.